The second kappa shape index (κ2) is 7.11. The van der Waals surface area contributed by atoms with E-state index in [1.54, 1.807) is 19.1 Å². The van der Waals surface area contributed by atoms with Gasteiger partial charge in [-0.3, -0.25) is 19.3 Å². The minimum atomic E-state index is -0.406. The molecule has 27 heavy (non-hydrogen) atoms. The molecule has 3 fully saturated rings. The molecule has 9 heteroatoms. The Kier molecular flexibility index (Phi) is 5.23. The predicted molar refractivity (Wildman–Crippen MR) is 113 cm³/mol. The molecule has 1 aromatic carbocycles. The fourth-order valence-corrected chi connectivity index (χ4v) is 7.15. The first-order chi connectivity index (χ1) is 12.7. The van der Waals surface area contributed by atoms with E-state index in [2.05, 4.69) is 53.1 Å². The van der Waals surface area contributed by atoms with Crippen LogP contribution in [0, 0.1) is 30.6 Å². The van der Waals surface area contributed by atoms with Crippen molar-refractivity contribution in [2.75, 3.05) is 11.9 Å². The van der Waals surface area contributed by atoms with Crippen LogP contribution >= 0.6 is 59.4 Å². The van der Waals surface area contributed by atoms with Gasteiger partial charge in [-0.2, -0.15) is 0 Å². The minimum Gasteiger partial charge on any atom is -0.324 e. The zero-order valence-corrected chi connectivity index (χ0v) is 19.7. The summed E-state index contributed by atoms with van der Waals surface area (Å²) in [5.74, 6) is -1.18. The van der Waals surface area contributed by atoms with Crippen molar-refractivity contribution in [2.45, 2.75) is 23.0 Å². The molecule has 3 aliphatic rings. The summed E-state index contributed by atoms with van der Waals surface area (Å²) in [7, 11) is 0. The van der Waals surface area contributed by atoms with Gasteiger partial charge in [0, 0.05) is 19.8 Å². The Morgan fingerprint density at radius 3 is 2.30 bits per heavy atom. The van der Waals surface area contributed by atoms with E-state index >= 15 is 0 Å². The molecular weight excluding hydrogens is 567 g/mol. The highest BCUT2D eigenvalue weighted by Gasteiger charge is 2.66. The molecule has 1 aliphatic heterocycles. The predicted octanol–water partition coefficient (Wildman–Crippen LogP) is 4.13. The molecule has 2 bridgehead atoms. The second-order valence-electron chi connectivity index (χ2n) is 7.35. The van der Waals surface area contributed by atoms with Crippen LogP contribution in [0.15, 0.2) is 16.6 Å². The van der Waals surface area contributed by atoms with Crippen LogP contribution in [0.2, 0.25) is 5.02 Å². The topological polar surface area (TPSA) is 66.5 Å². The lowest BCUT2D eigenvalue weighted by molar-refractivity contribution is -0.143. The highest BCUT2D eigenvalue weighted by atomic mass is 79.9. The van der Waals surface area contributed by atoms with E-state index in [0.717, 1.165) is 21.4 Å². The number of rotatable bonds is 3. The molecule has 6 atom stereocenters. The van der Waals surface area contributed by atoms with Crippen LogP contribution in [0.1, 0.15) is 12.0 Å². The maximum absolute atomic E-state index is 12.9. The van der Waals surface area contributed by atoms with Gasteiger partial charge in [-0.25, -0.2) is 0 Å². The van der Waals surface area contributed by atoms with Gasteiger partial charge in [-0.05, 0) is 58.8 Å². The third kappa shape index (κ3) is 3.02. The molecule has 0 radical (unpaired) electrons. The Labute approximate surface area is 186 Å². The first-order valence-electron chi connectivity index (χ1n) is 8.60. The highest BCUT2D eigenvalue weighted by Crippen LogP contribution is 2.60. The Bertz CT molecular complexity index is 832. The van der Waals surface area contributed by atoms with E-state index in [4.69, 9.17) is 11.6 Å². The van der Waals surface area contributed by atoms with Crippen molar-refractivity contribution >= 4 is 82.8 Å². The number of halogens is 4. The Morgan fingerprint density at radius 2 is 1.74 bits per heavy atom. The number of benzene rings is 1. The molecule has 144 valence electrons. The first kappa shape index (κ1) is 19.9. The number of amides is 3. The van der Waals surface area contributed by atoms with Crippen molar-refractivity contribution in [3.63, 3.8) is 0 Å². The number of imide groups is 1. The van der Waals surface area contributed by atoms with Gasteiger partial charge < -0.3 is 5.32 Å². The van der Waals surface area contributed by atoms with Crippen molar-refractivity contribution in [3.8, 4) is 0 Å². The molecule has 3 amide bonds. The maximum atomic E-state index is 12.9. The highest BCUT2D eigenvalue weighted by molar-refractivity contribution is 9.12. The van der Waals surface area contributed by atoms with E-state index < -0.39 is 5.91 Å². The van der Waals surface area contributed by atoms with Crippen LogP contribution in [0.3, 0.4) is 0 Å². The zero-order valence-electron chi connectivity index (χ0n) is 14.2. The summed E-state index contributed by atoms with van der Waals surface area (Å²) in [6, 6.07) is 3.47. The molecule has 2 saturated carbocycles. The van der Waals surface area contributed by atoms with Gasteiger partial charge in [0.1, 0.15) is 6.54 Å². The average molecular weight is 584 g/mol. The summed E-state index contributed by atoms with van der Waals surface area (Å²) in [5.41, 5.74) is 1.28. The van der Waals surface area contributed by atoms with Crippen molar-refractivity contribution in [1.82, 2.24) is 4.90 Å². The van der Waals surface area contributed by atoms with E-state index in [9.17, 15) is 14.4 Å². The molecular formula is C18H16Br3ClN2O3. The lowest BCUT2D eigenvalue weighted by Gasteiger charge is -2.28. The molecule has 4 rings (SSSR count). The van der Waals surface area contributed by atoms with Crippen LogP contribution in [-0.2, 0) is 14.4 Å². The fraction of sp³-hybridized carbons (Fsp3) is 0.500. The number of anilines is 1. The van der Waals surface area contributed by atoms with Gasteiger partial charge in [0.05, 0.1) is 16.9 Å². The molecule has 0 aromatic heterocycles. The van der Waals surface area contributed by atoms with Gasteiger partial charge in [-0.1, -0.05) is 43.5 Å². The lowest BCUT2D eigenvalue weighted by Crippen LogP contribution is -2.39. The van der Waals surface area contributed by atoms with Crippen molar-refractivity contribution < 1.29 is 14.4 Å². The Hall–Kier alpha value is -0.440. The van der Waals surface area contributed by atoms with E-state index in [1.807, 2.05) is 0 Å². The van der Waals surface area contributed by atoms with Gasteiger partial charge in [0.2, 0.25) is 17.7 Å². The van der Waals surface area contributed by atoms with Crippen LogP contribution in [0.5, 0.6) is 0 Å². The normalized spacial score (nSPS) is 34.3. The number of nitrogens with one attached hydrogen (secondary N) is 1. The number of fused-ring (bicyclic) bond motifs is 5. The SMILES string of the molecule is Cc1c(NC(=O)CN2C(=O)[C@@H]3[C@H]4C[C@@H]([C@@H](Br)[C@H]4Br)[C@H]3C2=O)ccc(Br)c1Cl. The largest absolute Gasteiger partial charge is 0.324 e. The van der Waals surface area contributed by atoms with Crippen LogP contribution in [0.25, 0.3) is 0 Å². The summed E-state index contributed by atoms with van der Waals surface area (Å²) in [6.45, 7) is 1.53. The van der Waals surface area contributed by atoms with Gasteiger partial charge in [0.15, 0.2) is 0 Å². The van der Waals surface area contributed by atoms with Gasteiger partial charge in [-0.15, -0.1) is 0 Å². The summed E-state index contributed by atoms with van der Waals surface area (Å²) >= 11 is 16.8. The average Bonchev–Trinajstić information content (AvgIpc) is 3.23. The Balaban J connectivity index is 1.49. The fourth-order valence-electron chi connectivity index (χ4n) is 4.69. The minimum absolute atomic E-state index is 0.140. The van der Waals surface area contributed by atoms with Crippen LogP contribution < -0.4 is 5.32 Å². The van der Waals surface area contributed by atoms with Crippen molar-refractivity contribution in [1.29, 1.82) is 0 Å². The summed E-state index contributed by atoms with van der Waals surface area (Å²) in [6.07, 6.45) is 0.870. The number of carbonyl (C=O) groups is 3. The summed E-state index contributed by atoms with van der Waals surface area (Å²) in [5, 5.41) is 3.27. The van der Waals surface area contributed by atoms with Crippen molar-refractivity contribution in [2.24, 2.45) is 23.7 Å². The molecule has 0 unspecified atom stereocenters. The third-order valence-corrected chi connectivity index (χ3v) is 10.6. The smallest absolute Gasteiger partial charge is 0.244 e. The molecule has 1 heterocycles. The lowest BCUT2D eigenvalue weighted by atomic mass is 9.81. The van der Waals surface area contributed by atoms with Gasteiger partial charge >= 0.3 is 0 Å². The van der Waals surface area contributed by atoms with Crippen LogP contribution in [0.4, 0.5) is 5.69 Å². The monoisotopic (exact) mass is 580 g/mol. The third-order valence-electron chi connectivity index (χ3n) is 5.99. The number of carbonyl (C=O) groups excluding carboxylic acids is 3. The quantitative estimate of drug-likeness (QED) is 0.430. The molecule has 5 nitrogen and oxygen atoms in total. The molecule has 1 saturated heterocycles. The van der Waals surface area contributed by atoms with E-state index in [1.165, 1.54) is 0 Å². The van der Waals surface area contributed by atoms with Crippen LogP contribution in [-0.4, -0.2) is 38.8 Å². The number of hydrogen-bond donors (Lipinski definition) is 1. The zero-order chi connectivity index (χ0) is 19.6. The van der Waals surface area contributed by atoms with E-state index in [-0.39, 0.29) is 51.7 Å². The second-order valence-corrected chi connectivity index (χ2v) is 10.7. The number of likely N-dealkylation sites (tertiary alicyclic amines) is 1. The van der Waals surface area contributed by atoms with E-state index in [0.29, 0.717) is 10.7 Å². The number of hydrogen-bond acceptors (Lipinski definition) is 3. The number of nitrogens with zero attached hydrogens (tertiary/aromatic N) is 1. The Morgan fingerprint density at radius 1 is 1.19 bits per heavy atom. The molecule has 0 spiro atoms. The maximum Gasteiger partial charge on any atom is 0.244 e. The molecule has 1 N–H and O–H groups in total. The first-order valence-corrected chi connectivity index (χ1v) is 11.6. The molecule has 1 aromatic rings. The molecule has 2 aliphatic carbocycles. The number of alkyl halides is 2. The van der Waals surface area contributed by atoms with Gasteiger partial charge in [0.25, 0.3) is 0 Å². The summed E-state index contributed by atoms with van der Waals surface area (Å²) in [4.78, 5) is 39.7. The summed E-state index contributed by atoms with van der Waals surface area (Å²) < 4.78 is 0.738. The standard InChI is InChI=1S/C18H16Br3ClN2O3/c1-6-10(3-2-9(19)16(6)22)23-11(25)5-24-17(26)12-7-4-8(13(12)18(24)27)15(21)14(7)20/h2-3,7-8,12-15H,4-5H2,1H3,(H,23,25)/t7-,8-,12-,13-,14-,15+/m1/s1. The van der Waals surface area contributed by atoms with Crippen molar-refractivity contribution in [3.05, 3.63) is 27.2 Å².